The highest BCUT2D eigenvalue weighted by molar-refractivity contribution is 6.30. The van der Waals surface area contributed by atoms with Crippen LogP contribution in [0, 0.1) is 0 Å². The van der Waals surface area contributed by atoms with Crippen LogP contribution in [0.15, 0.2) is 42.5 Å². The van der Waals surface area contributed by atoms with Crippen LogP contribution in [0.1, 0.15) is 43.9 Å². The van der Waals surface area contributed by atoms with Gasteiger partial charge >= 0.3 is 5.97 Å². The number of halogens is 1. The average molecular weight is 432 g/mol. The molecule has 0 fully saturated rings. The van der Waals surface area contributed by atoms with E-state index in [4.69, 9.17) is 25.8 Å². The van der Waals surface area contributed by atoms with Crippen LogP contribution >= 0.6 is 11.6 Å². The van der Waals surface area contributed by atoms with E-state index < -0.39 is 11.9 Å². The Hall–Kier alpha value is -2.90. The number of rotatable bonds is 10. The maximum absolute atomic E-state index is 12.5. The smallest absolute Gasteiger partial charge is 0.338 e. The molecular weight excluding hydrogens is 410 g/mol. The number of methoxy groups -OCH3 is 1. The summed E-state index contributed by atoms with van der Waals surface area (Å²) in [5.41, 5.74) is 0.746. The van der Waals surface area contributed by atoms with Gasteiger partial charge in [0.1, 0.15) is 5.75 Å². The lowest BCUT2D eigenvalue weighted by molar-refractivity contribution is 0.0485. The van der Waals surface area contributed by atoms with E-state index in [1.54, 1.807) is 31.4 Å². The van der Waals surface area contributed by atoms with E-state index in [1.165, 1.54) is 23.1 Å². The Kier molecular flexibility index (Phi) is 7.43. The third-order valence-corrected chi connectivity index (χ3v) is 4.79. The summed E-state index contributed by atoms with van der Waals surface area (Å²) in [6.07, 6.45) is 1.05. The van der Waals surface area contributed by atoms with Crippen molar-refractivity contribution in [3.05, 3.63) is 64.2 Å². The molecule has 0 spiro atoms. The zero-order chi connectivity index (χ0) is 21.5. The summed E-state index contributed by atoms with van der Waals surface area (Å²) in [7, 11) is 1.56. The molecule has 1 aliphatic heterocycles. The average Bonchev–Trinajstić information content (AvgIpc) is 2.99. The number of benzene rings is 2. The van der Waals surface area contributed by atoms with Crippen LogP contribution in [0.2, 0.25) is 5.02 Å². The molecule has 0 atom stereocenters. The van der Waals surface area contributed by atoms with Crippen molar-refractivity contribution in [1.82, 2.24) is 4.90 Å². The van der Waals surface area contributed by atoms with Crippen LogP contribution < -0.4 is 4.74 Å². The van der Waals surface area contributed by atoms with E-state index >= 15 is 0 Å². The molecule has 1 aliphatic rings. The lowest BCUT2D eigenvalue weighted by Gasteiger charge is -2.12. The van der Waals surface area contributed by atoms with Gasteiger partial charge in [-0.1, -0.05) is 11.6 Å². The molecule has 0 saturated heterocycles. The lowest BCUT2D eigenvalue weighted by Crippen LogP contribution is -2.31. The first-order chi connectivity index (χ1) is 14.5. The predicted octanol–water partition coefficient (Wildman–Crippen LogP) is 3.60. The molecule has 0 unspecified atom stereocenters. The maximum Gasteiger partial charge on any atom is 0.338 e. The van der Waals surface area contributed by atoms with Gasteiger partial charge in [0.15, 0.2) is 0 Å². The summed E-state index contributed by atoms with van der Waals surface area (Å²) in [5.74, 6) is -0.632. The molecule has 3 rings (SSSR count). The van der Waals surface area contributed by atoms with Crippen molar-refractivity contribution in [1.29, 1.82) is 0 Å². The van der Waals surface area contributed by atoms with Crippen LogP contribution in [0.5, 0.6) is 5.75 Å². The number of amides is 2. The molecule has 0 bridgehead atoms. The number of hydrogen-bond acceptors (Lipinski definition) is 6. The topological polar surface area (TPSA) is 82.1 Å². The zero-order valence-corrected chi connectivity index (χ0v) is 17.3. The van der Waals surface area contributed by atoms with Gasteiger partial charge in [-0.05, 0) is 48.9 Å². The second kappa shape index (κ2) is 10.2. The van der Waals surface area contributed by atoms with Crippen molar-refractivity contribution in [3.8, 4) is 5.75 Å². The first kappa shape index (κ1) is 21.8. The van der Waals surface area contributed by atoms with Crippen LogP contribution in [0.25, 0.3) is 0 Å². The van der Waals surface area contributed by atoms with Crippen LogP contribution in [-0.2, 0) is 9.47 Å². The molecule has 2 amide bonds. The molecule has 0 N–H and O–H groups in total. The highest BCUT2D eigenvalue weighted by Gasteiger charge is 2.35. The molecule has 2 aromatic rings. The van der Waals surface area contributed by atoms with E-state index in [-0.39, 0.29) is 30.2 Å². The highest BCUT2D eigenvalue weighted by Crippen LogP contribution is 2.24. The van der Waals surface area contributed by atoms with Gasteiger partial charge in [-0.2, -0.15) is 0 Å². The van der Waals surface area contributed by atoms with Gasteiger partial charge in [0.25, 0.3) is 11.8 Å². The van der Waals surface area contributed by atoms with E-state index in [1.807, 2.05) is 0 Å². The molecule has 30 heavy (non-hydrogen) atoms. The number of ether oxygens (including phenoxy) is 3. The molecule has 0 saturated carbocycles. The largest absolute Gasteiger partial charge is 0.493 e. The van der Waals surface area contributed by atoms with Crippen molar-refractivity contribution in [2.45, 2.75) is 12.8 Å². The van der Waals surface area contributed by atoms with Gasteiger partial charge in [-0.15, -0.1) is 0 Å². The highest BCUT2D eigenvalue weighted by atomic mass is 35.5. The zero-order valence-electron chi connectivity index (χ0n) is 16.6. The summed E-state index contributed by atoms with van der Waals surface area (Å²) >= 11 is 5.82. The Balaban J connectivity index is 1.50. The van der Waals surface area contributed by atoms with Crippen molar-refractivity contribution in [3.63, 3.8) is 0 Å². The van der Waals surface area contributed by atoms with Gasteiger partial charge in [0.2, 0.25) is 0 Å². The predicted molar refractivity (Wildman–Crippen MR) is 110 cm³/mol. The minimum absolute atomic E-state index is 0.166. The fraction of sp³-hybridized carbons (Fsp3) is 0.318. The van der Waals surface area contributed by atoms with Crippen molar-refractivity contribution >= 4 is 29.4 Å². The summed E-state index contributed by atoms with van der Waals surface area (Å²) < 4.78 is 15.7. The second-order valence-corrected chi connectivity index (χ2v) is 7.10. The van der Waals surface area contributed by atoms with Crippen molar-refractivity contribution < 1.29 is 28.6 Å². The maximum atomic E-state index is 12.5. The first-order valence-electron chi connectivity index (χ1n) is 9.56. The molecule has 0 radical (unpaired) electrons. The van der Waals surface area contributed by atoms with E-state index in [9.17, 15) is 14.4 Å². The Morgan fingerprint density at radius 1 is 0.933 bits per heavy atom. The standard InChI is InChI=1S/C22H22ClNO6/c1-28-11-2-10-24-20(25)18-9-4-15(14-19(18)21(24)26)22(27)30-13-3-12-29-17-7-5-16(23)6-8-17/h4-9,14H,2-3,10-13H2,1H3. The molecule has 7 nitrogen and oxygen atoms in total. The third kappa shape index (κ3) is 5.17. The first-order valence-corrected chi connectivity index (χ1v) is 9.93. The van der Waals surface area contributed by atoms with Crippen LogP contribution in [0.4, 0.5) is 0 Å². The third-order valence-electron chi connectivity index (χ3n) is 4.54. The van der Waals surface area contributed by atoms with E-state index in [0.717, 1.165) is 0 Å². The number of hydrogen-bond donors (Lipinski definition) is 0. The Morgan fingerprint density at radius 2 is 1.67 bits per heavy atom. The SMILES string of the molecule is COCCCN1C(=O)c2ccc(C(=O)OCCCOc3ccc(Cl)cc3)cc2C1=O. The lowest BCUT2D eigenvalue weighted by atomic mass is 10.1. The Morgan fingerprint density at radius 3 is 2.40 bits per heavy atom. The monoisotopic (exact) mass is 431 g/mol. The van der Waals surface area contributed by atoms with Gasteiger partial charge < -0.3 is 14.2 Å². The number of nitrogens with zero attached hydrogens (tertiary/aromatic N) is 1. The number of imide groups is 1. The minimum Gasteiger partial charge on any atom is -0.493 e. The Labute approximate surface area is 179 Å². The summed E-state index contributed by atoms with van der Waals surface area (Å²) in [6, 6.07) is 11.4. The van der Waals surface area contributed by atoms with E-state index in [2.05, 4.69) is 0 Å². The van der Waals surface area contributed by atoms with Crippen molar-refractivity contribution in [2.24, 2.45) is 0 Å². The van der Waals surface area contributed by atoms with Crippen molar-refractivity contribution in [2.75, 3.05) is 33.5 Å². The number of esters is 1. The molecule has 0 aromatic heterocycles. The minimum atomic E-state index is -0.553. The van der Waals surface area contributed by atoms with Crippen LogP contribution in [0.3, 0.4) is 0 Å². The number of carbonyl (C=O) groups is 3. The molecule has 158 valence electrons. The quantitative estimate of drug-likeness (QED) is 0.325. The van der Waals surface area contributed by atoms with E-state index in [0.29, 0.717) is 42.4 Å². The summed E-state index contributed by atoms with van der Waals surface area (Å²) in [6.45, 7) is 1.27. The summed E-state index contributed by atoms with van der Waals surface area (Å²) in [5, 5.41) is 0.629. The normalized spacial score (nSPS) is 12.8. The molecule has 2 aromatic carbocycles. The number of carbonyl (C=O) groups excluding carboxylic acids is 3. The molecule has 1 heterocycles. The molecule has 0 aliphatic carbocycles. The second-order valence-electron chi connectivity index (χ2n) is 6.66. The van der Waals surface area contributed by atoms with Gasteiger partial charge in [0.05, 0.1) is 29.9 Å². The molecule has 8 heteroatoms. The fourth-order valence-corrected chi connectivity index (χ4v) is 3.14. The molecular formula is C22H22ClNO6. The fourth-order valence-electron chi connectivity index (χ4n) is 3.02. The Bertz CT molecular complexity index is 928. The van der Waals surface area contributed by atoms with Crippen LogP contribution in [-0.4, -0.2) is 56.2 Å². The number of fused-ring (bicyclic) bond motifs is 1. The van der Waals surface area contributed by atoms with Gasteiger partial charge in [0, 0.05) is 31.7 Å². The van der Waals surface area contributed by atoms with Gasteiger partial charge in [-0.3, -0.25) is 14.5 Å². The summed E-state index contributed by atoms with van der Waals surface area (Å²) in [4.78, 5) is 38.4. The van der Waals surface area contributed by atoms with Gasteiger partial charge in [-0.25, -0.2) is 4.79 Å².